The smallest absolute Gasteiger partial charge is 0.240 e. The largest absolute Gasteiger partial charge is 0.299 e. The van der Waals surface area contributed by atoms with Crippen molar-refractivity contribution in [2.75, 3.05) is 18.4 Å². The molecule has 2 rings (SSSR count). The van der Waals surface area contributed by atoms with E-state index in [1.54, 1.807) is 5.51 Å². The van der Waals surface area contributed by atoms with Gasteiger partial charge in [0.1, 0.15) is 5.51 Å². The van der Waals surface area contributed by atoms with Crippen LogP contribution in [0.15, 0.2) is 29.8 Å². The van der Waals surface area contributed by atoms with Crippen molar-refractivity contribution < 1.29 is 4.79 Å². The number of benzene rings is 1. The second kappa shape index (κ2) is 7.12. The summed E-state index contributed by atoms with van der Waals surface area (Å²) in [5.74, 6) is -0.0582. The molecule has 0 saturated carbocycles. The standard InChI is InChI=1S/C14H18N4OS/c1-3-18(8-12-7-5-4-6-11(12)2)9-13(19)16-14-17-15-10-20-14/h4-7,10H,3,8-9H2,1-2H3,(H,16,17,19). The number of hydrogen-bond acceptors (Lipinski definition) is 5. The summed E-state index contributed by atoms with van der Waals surface area (Å²) >= 11 is 1.32. The number of aromatic nitrogens is 2. The van der Waals surface area contributed by atoms with Crippen LogP contribution in [0.4, 0.5) is 5.13 Å². The Balaban J connectivity index is 1.92. The number of aryl methyl sites for hydroxylation is 1. The quantitative estimate of drug-likeness (QED) is 0.887. The van der Waals surface area contributed by atoms with Crippen molar-refractivity contribution in [3.8, 4) is 0 Å². The van der Waals surface area contributed by atoms with Crippen molar-refractivity contribution in [3.05, 3.63) is 40.9 Å². The first-order valence-electron chi connectivity index (χ1n) is 6.52. The molecule has 0 radical (unpaired) electrons. The number of nitrogens with one attached hydrogen (secondary N) is 1. The van der Waals surface area contributed by atoms with Crippen LogP contribution in [-0.2, 0) is 11.3 Å². The lowest BCUT2D eigenvalue weighted by molar-refractivity contribution is -0.117. The van der Waals surface area contributed by atoms with Gasteiger partial charge in [-0.25, -0.2) is 0 Å². The van der Waals surface area contributed by atoms with Gasteiger partial charge in [0.05, 0.1) is 6.54 Å². The number of anilines is 1. The Morgan fingerprint density at radius 1 is 1.40 bits per heavy atom. The molecule has 0 unspecified atom stereocenters. The van der Waals surface area contributed by atoms with Gasteiger partial charge >= 0.3 is 0 Å². The van der Waals surface area contributed by atoms with E-state index in [0.717, 1.165) is 13.1 Å². The third-order valence-electron chi connectivity index (χ3n) is 3.08. The van der Waals surface area contributed by atoms with Gasteiger partial charge in [0.2, 0.25) is 11.0 Å². The molecule has 1 aromatic carbocycles. The molecule has 2 aromatic rings. The van der Waals surface area contributed by atoms with E-state index >= 15 is 0 Å². The number of carbonyl (C=O) groups excluding carboxylic acids is 1. The van der Waals surface area contributed by atoms with Crippen LogP contribution in [0.3, 0.4) is 0 Å². The molecule has 0 fully saturated rings. The zero-order chi connectivity index (χ0) is 14.4. The summed E-state index contributed by atoms with van der Waals surface area (Å²) < 4.78 is 0. The highest BCUT2D eigenvalue weighted by molar-refractivity contribution is 7.13. The molecule has 0 aliphatic heterocycles. The monoisotopic (exact) mass is 290 g/mol. The van der Waals surface area contributed by atoms with Gasteiger partial charge in [-0.15, -0.1) is 10.2 Å². The molecule has 1 aromatic heterocycles. The summed E-state index contributed by atoms with van der Waals surface area (Å²) in [6, 6.07) is 8.24. The highest BCUT2D eigenvalue weighted by Crippen LogP contribution is 2.11. The molecule has 0 bridgehead atoms. The first-order valence-corrected chi connectivity index (χ1v) is 7.40. The normalized spacial score (nSPS) is 10.8. The Hall–Kier alpha value is -1.79. The first kappa shape index (κ1) is 14.6. The predicted octanol–water partition coefficient (Wildman–Crippen LogP) is 2.31. The Kier molecular flexibility index (Phi) is 5.20. The lowest BCUT2D eigenvalue weighted by Gasteiger charge is -2.20. The second-order valence-electron chi connectivity index (χ2n) is 4.52. The molecule has 0 spiro atoms. The number of nitrogens with zero attached hydrogens (tertiary/aromatic N) is 3. The van der Waals surface area contributed by atoms with Gasteiger partial charge in [-0.3, -0.25) is 15.0 Å². The van der Waals surface area contributed by atoms with E-state index in [2.05, 4.69) is 46.4 Å². The van der Waals surface area contributed by atoms with Crippen LogP contribution in [0.2, 0.25) is 0 Å². The summed E-state index contributed by atoms with van der Waals surface area (Å²) in [7, 11) is 0. The summed E-state index contributed by atoms with van der Waals surface area (Å²) in [4.78, 5) is 14.0. The maximum absolute atomic E-state index is 11.9. The van der Waals surface area contributed by atoms with E-state index in [-0.39, 0.29) is 5.91 Å². The van der Waals surface area contributed by atoms with E-state index < -0.39 is 0 Å². The Labute approximate surface area is 122 Å². The van der Waals surface area contributed by atoms with Gasteiger partial charge in [-0.2, -0.15) is 0 Å². The SMILES string of the molecule is CCN(CC(=O)Nc1nncs1)Cc1ccccc1C. The second-order valence-corrected chi connectivity index (χ2v) is 5.36. The van der Waals surface area contributed by atoms with Crippen LogP contribution in [0.5, 0.6) is 0 Å². The molecule has 106 valence electrons. The summed E-state index contributed by atoms with van der Waals surface area (Å²) in [6.45, 7) is 6.08. The molecular weight excluding hydrogens is 272 g/mol. The molecular formula is C14H18N4OS. The van der Waals surface area contributed by atoms with E-state index in [4.69, 9.17) is 0 Å². The zero-order valence-corrected chi connectivity index (χ0v) is 12.5. The number of hydrogen-bond donors (Lipinski definition) is 1. The minimum Gasteiger partial charge on any atom is -0.299 e. The van der Waals surface area contributed by atoms with Crippen molar-refractivity contribution in [1.82, 2.24) is 15.1 Å². The molecule has 1 heterocycles. The zero-order valence-electron chi connectivity index (χ0n) is 11.7. The highest BCUT2D eigenvalue weighted by atomic mass is 32.1. The van der Waals surface area contributed by atoms with Crippen molar-refractivity contribution in [2.24, 2.45) is 0 Å². The van der Waals surface area contributed by atoms with Crippen molar-refractivity contribution in [3.63, 3.8) is 0 Å². The maximum atomic E-state index is 11.9. The van der Waals surface area contributed by atoms with Crippen LogP contribution in [0, 0.1) is 6.92 Å². The maximum Gasteiger partial charge on any atom is 0.240 e. The van der Waals surface area contributed by atoms with Crippen molar-refractivity contribution in [1.29, 1.82) is 0 Å². The molecule has 5 nitrogen and oxygen atoms in total. The topological polar surface area (TPSA) is 58.1 Å². The van der Waals surface area contributed by atoms with E-state index in [9.17, 15) is 4.79 Å². The Morgan fingerprint density at radius 3 is 2.85 bits per heavy atom. The fraction of sp³-hybridized carbons (Fsp3) is 0.357. The lowest BCUT2D eigenvalue weighted by Crippen LogP contribution is -2.32. The lowest BCUT2D eigenvalue weighted by atomic mass is 10.1. The van der Waals surface area contributed by atoms with Crippen LogP contribution in [-0.4, -0.2) is 34.1 Å². The summed E-state index contributed by atoms with van der Waals surface area (Å²) in [6.07, 6.45) is 0. The summed E-state index contributed by atoms with van der Waals surface area (Å²) in [5.41, 5.74) is 4.09. The molecule has 0 saturated heterocycles. The van der Waals surface area contributed by atoms with Crippen LogP contribution >= 0.6 is 11.3 Å². The summed E-state index contributed by atoms with van der Waals surface area (Å²) in [5, 5.41) is 10.8. The van der Waals surface area contributed by atoms with Crippen LogP contribution in [0.1, 0.15) is 18.1 Å². The third-order valence-corrected chi connectivity index (χ3v) is 3.68. The van der Waals surface area contributed by atoms with E-state index in [1.165, 1.54) is 22.5 Å². The first-order chi connectivity index (χ1) is 9.69. The molecule has 20 heavy (non-hydrogen) atoms. The average Bonchev–Trinajstić information content (AvgIpc) is 2.93. The minimum absolute atomic E-state index is 0.0582. The van der Waals surface area contributed by atoms with E-state index in [0.29, 0.717) is 11.7 Å². The fourth-order valence-corrected chi connectivity index (χ4v) is 2.36. The number of amides is 1. The highest BCUT2D eigenvalue weighted by Gasteiger charge is 2.11. The molecule has 0 aliphatic carbocycles. The van der Waals surface area contributed by atoms with Gasteiger partial charge in [0.15, 0.2) is 0 Å². The van der Waals surface area contributed by atoms with Gasteiger partial charge in [-0.05, 0) is 24.6 Å². The molecule has 6 heteroatoms. The fourth-order valence-electron chi connectivity index (χ4n) is 1.90. The Bertz CT molecular complexity index is 556. The van der Waals surface area contributed by atoms with Crippen molar-refractivity contribution in [2.45, 2.75) is 20.4 Å². The third kappa shape index (κ3) is 4.11. The van der Waals surface area contributed by atoms with Crippen molar-refractivity contribution >= 4 is 22.4 Å². The van der Waals surface area contributed by atoms with Crippen LogP contribution in [0.25, 0.3) is 0 Å². The number of rotatable bonds is 6. The van der Waals surface area contributed by atoms with E-state index in [1.807, 2.05) is 12.1 Å². The van der Waals surface area contributed by atoms with Gasteiger partial charge in [0.25, 0.3) is 0 Å². The van der Waals surface area contributed by atoms with Gasteiger partial charge in [-0.1, -0.05) is 42.5 Å². The molecule has 0 aliphatic rings. The minimum atomic E-state index is -0.0582. The predicted molar refractivity (Wildman–Crippen MR) is 80.7 cm³/mol. The molecule has 1 N–H and O–H groups in total. The number of likely N-dealkylation sites (N-methyl/N-ethyl adjacent to an activating group) is 1. The van der Waals surface area contributed by atoms with Gasteiger partial charge < -0.3 is 0 Å². The number of carbonyl (C=O) groups is 1. The molecule has 1 amide bonds. The van der Waals surface area contributed by atoms with Gasteiger partial charge in [0, 0.05) is 6.54 Å². The van der Waals surface area contributed by atoms with Crippen LogP contribution < -0.4 is 5.32 Å². The average molecular weight is 290 g/mol. The molecule has 0 atom stereocenters. The Morgan fingerprint density at radius 2 is 2.20 bits per heavy atom.